The number of para-hydroxylation sites is 1. The van der Waals surface area contributed by atoms with Gasteiger partial charge < -0.3 is 4.90 Å². The standard InChI is InChI=1S/C23H24ClN3O2S/c1-15-10-16(2)13-26(12-15)21(28)14-30-23-25-20-9-4-3-8-19(20)22(29)27(23)18-7-5-6-17(24)11-18/h3-9,11,15-16H,10,12-14H2,1-2H3/t15-,16-/m0/s1. The van der Waals surface area contributed by atoms with E-state index in [1.165, 1.54) is 11.8 Å². The van der Waals surface area contributed by atoms with E-state index < -0.39 is 0 Å². The molecule has 0 bridgehead atoms. The molecule has 4 rings (SSSR count). The Morgan fingerprint density at radius 1 is 1.13 bits per heavy atom. The van der Waals surface area contributed by atoms with Crippen molar-refractivity contribution < 1.29 is 4.79 Å². The van der Waals surface area contributed by atoms with Crippen molar-refractivity contribution in [1.29, 1.82) is 0 Å². The second-order valence-electron chi connectivity index (χ2n) is 8.07. The van der Waals surface area contributed by atoms with Gasteiger partial charge in [0.15, 0.2) is 5.16 Å². The molecule has 3 aromatic rings. The zero-order valence-electron chi connectivity index (χ0n) is 17.0. The van der Waals surface area contributed by atoms with Crippen LogP contribution < -0.4 is 5.56 Å². The zero-order valence-corrected chi connectivity index (χ0v) is 18.6. The Kier molecular flexibility index (Phi) is 6.16. The van der Waals surface area contributed by atoms with Crippen LogP contribution in [0.25, 0.3) is 16.6 Å². The predicted molar refractivity (Wildman–Crippen MR) is 123 cm³/mol. The molecule has 0 spiro atoms. The molecule has 5 nitrogen and oxygen atoms in total. The summed E-state index contributed by atoms with van der Waals surface area (Å²) in [5.74, 6) is 1.33. The van der Waals surface area contributed by atoms with Crippen molar-refractivity contribution in [1.82, 2.24) is 14.5 Å². The number of nitrogens with zero attached hydrogens (tertiary/aromatic N) is 3. The number of hydrogen-bond donors (Lipinski definition) is 0. The van der Waals surface area contributed by atoms with Crippen molar-refractivity contribution in [2.45, 2.75) is 25.4 Å². The molecule has 0 radical (unpaired) electrons. The molecule has 2 atom stereocenters. The fourth-order valence-electron chi connectivity index (χ4n) is 4.14. The molecule has 0 N–H and O–H groups in total. The van der Waals surface area contributed by atoms with Crippen molar-refractivity contribution in [2.75, 3.05) is 18.8 Å². The molecular weight excluding hydrogens is 418 g/mol. The first-order valence-electron chi connectivity index (χ1n) is 10.1. The average molecular weight is 442 g/mol. The van der Waals surface area contributed by atoms with Crippen molar-refractivity contribution in [2.24, 2.45) is 11.8 Å². The number of piperidine rings is 1. The van der Waals surface area contributed by atoms with E-state index >= 15 is 0 Å². The topological polar surface area (TPSA) is 55.2 Å². The Morgan fingerprint density at radius 3 is 2.60 bits per heavy atom. The maximum atomic E-state index is 13.3. The summed E-state index contributed by atoms with van der Waals surface area (Å²) in [7, 11) is 0. The summed E-state index contributed by atoms with van der Waals surface area (Å²) in [4.78, 5) is 32.8. The Bertz CT molecular complexity index is 1140. The third kappa shape index (κ3) is 4.40. The number of hydrogen-bond acceptors (Lipinski definition) is 4. The lowest BCUT2D eigenvalue weighted by Gasteiger charge is -2.35. The van der Waals surface area contributed by atoms with Gasteiger partial charge in [-0.2, -0.15) is 0 Å². The molecule has 2 aromatic carbocycles. The van der Waals surface area contributed by atoms with E-state index in [2.05, 4.69) is 13.8 Å². The molecule has 2 heterocycles. The monoisotopic (exact) mass is 441 g/mol. The summed E-state index contributed by atoms with van der Waals surface area (Å²) >= 11 is 7.47. The number of thioether (sulfide) groups is 1. The number of benzene rings is 2. The van der Waals surface area contributed by atoms with Crippen LogP contribution in [0.3, 0.4) is 0 Å². The van der Waals surface area contributed by atoms with Gasteiger partial charge in [0.2, 0.25) is 5.91 Å². The quantitative estimate of drug-likeness (QED) is 0.437. The van der Waals surface area contributed by atoms with Crippen LogP contribution in [0.2, 0.25) is 5.02 Å². The van der Waals surface area contributed by atoms with Gasteiger partial charge in [-0.25, -0.2) is 4.98 Å². The summed E-state index contributed by atoms with van der Waals surface area (Å²) in [6.45, 7) is 5.95. The zero-order chi connectivity index (χ0) is 21.3. The van der Waals surface area contributed by atoms with E-state index in [0.29, 0.717) is 38.6 Å². The predicted octanol–water partition coefficient (Wildman–Crippen LogP) is 4.64. The molecule has 7 heteroatoms. The summed E-state index contributed by atoms with van der Waals surface area (Å²) in [6, 6.07) is 14.4. The van der Waals surface area contributed by atoms with Gasteiger partial charge in [0.05, 0.1) is 22.3 Å². The molecule has 1 aromatic heterocycles. The second-order valence-corrected chi connectivity index (χ2v) is 9.44. The molecule has 1 fully saturated rings. The summed E-state index contributed by atoms with van der Waals surface area (Å²) in [5, 5.41) is 1.56. The van der Waals surface area contributed by atoms with Gasteiger partial charge in [-0.1, -0.05) is 55.4 Å². The Hall–Kier alpha value is -2.31. The summed E-state index contributed by atoms with van der Waals surface area (Å²) in [6.07, 6.45) is 1.15. The van der Waals surface area contributed by atoms with Crippen LogP contribution in [0, 0.1) is 11.8 Å². The van der Waals surface area contributed by atoms with Gasteiger partial charge in [-0.05, 0) is 48.6 Å². The molecular formula is C23H24ClN3O2S. The number of carbonyl (C=O) groups excluding carboxylic acids is 1. The third-order valence-corrected chi connectivity index (χ3v) is 6.52. The SMILES string of the molecule is C[C@H]1C[C@H](C)CN(C(=O)CSc2nc3ccccc3c(=O)n2-c2cccc(Cl)c2)C1. The van der Waals surface area contributed by atoms with Gasteiger partial charge in [0, 0.05) is 18.1 Å². The van der Waals surface area contributed by atoms with Crippen molar-refractivity contribution in [3.63, 3.8) is 0 Å². The van der Waals surface area contributed by atoms with E-state index in [1.54, 1.807) is 28.8 Å². The van der Waals surface area contributed by atoms with Gasteiger partial charge in [-0.15, -0.1) is 0 Å². The second kappa shape index (κ2) is 8.82. The highest BCUT2D eigenvalue weighted by molar-refractivity contribution is 7.99. The third-order valence-electron chi connectivity index (χ3n) is 5.36. The Balaban J connectivity index is 1.68. The lowest BCUT2D eigenvalue weighted by atomic mass is 9.92. The number of fused-ring (bicyclic) bond motifs is 1. The summed E-state index contributed by atoms with van der Waals surface area (Å²) < 4.78 is 1.55. The molecule has 0 saturated carbocycles. The number of halogens is 1. The molecule has 156 valence electrons. The fourth-order valence-corrected chi connectivity index (χ4v) is 5.24. The van der Waals surface area contributed by atoms with Crippen LogP contribution in [0.4, 0.5) is 0 Å². The van der Waals surface area contributed by atoms with Crippen LogP contribution in [0.15, 0.2) is 58.5 Å². The highest BCUT2D eigenvalue weighted by atomic mass is 35.5. The average Bonchev–Trinajstić information content (AvgIpc) is 2.71. The first-order valence-corrected chi connectivity index (χ1v) is 11.5. The van der Waals surface area contributed by atoms with E-state index in [4.69, 9.17) is 16.6 Å². The van der Waals surface area contributed by atoms with Gasteiger partial charge in [0.1, 0.15) is 0 Å². The van der Waals surface area contributed by atoms with Gasteiger partial charge >= 0.3 is 0 Å². The minimum atomic E-state index is -0.168. The fraction of sp³-hybridized carbons (Fsp3) is 0.348. The molecule has 1 aliphatic rings. The number of aromatic nitrogens is 2. The van der Waals surface area contributed by atoms with Crippen molar-refractivity contribution >= 4 is 40.2 Å². The smallest absolute Gasteiger partial charge is 0.266 e. The lowest BCUT2D eigenvalue weighted by Crippen LogP contribution is -2.43. The summed E-state index contributed by atoms with van der Waals surface area (Å²) in [5.41, 5.74) is 1.09. The Labute approximate surface area is 185 Å². The molecule has 1 saturated heterocycles. The Morgan fingerprint density at radius 2 is 1.87 bits per heavy atom. The highest BCUT2D eigenvalue weighted by Gasteiger charge is 2.26. The van der Waals surface area contributed by atoms with E-state index in [0.717, 1.165) is 19.5 Å². The number of likely N-dealkylation sites (tertiary alicyclic amines) is 1. The minimum Gasteiger partial charge on any atom is -0.341 e. The normalized spacial score (nSPS) is 19.2. The maximum Gasteiger partial charge on any atom is 0.266 e. The molecule has 1 amide bonds. The van der Waals surface area contributed by atoms with Crippen LogP contribution in [0.1, 0.15) is 20.3 Å². The van der Waals surface area contributed by atoms with Gasteiger partial charge in [0.25, 0.3) is 5.56 Å². The molecule has 0 unspecified atom stereocenters. The number of rotatable bonds is 4. The van der Waals surface area contributed by atoms with Crippen LogP contribution in [-0.4, -0.2) is 39.2 Å². The van der Waals surface area contributed by atoms with Crippen molar-refractivity contribution in [3.05, 3.63) is 63.9 Å². The minimum absolute atomic E-state index is 0.0819. The lowest BCUT2D eigenvalue weighted by molar-refractivity contribution is -0.130. The number of carbonyl (C=O) groups is 1. The number of amides is 1. The highest BCUT2D eigenvalue weighted by Crippen LogP contribution is 2.25. The molecule has 30 heavy (non-hydrogen) atoms. The first kappa shape index (κ1) is 20.9. The van der Waals surface area contributed by atoms with Crippen LogP contribution >= 0.6 is 23.4 Å². The van der Waals surface area contributed by atoms with Crippen LogP contribution in [-0.2, 0) is 4.79 Å². The first-order chi connectivity index (χ1) is 14.4. The van der Waals surface area contributed by atoms with E-state index in [9.17, 15) is 9.59 Å². The largest absolute Gasteiger partial charge is 0.341 e. The van der Waals surface area contributed by atoms with E-state index in [1.807, 2.05) is 29.2 Å². The molecule has 0 aliphatic carbocycles. The van der Waals surface area contributed by atoms with Crippen LogP contribution in [0.5, 0.6) is 0 Å². The van der Waals surface area contributed by atoms with E-state index in [-0.39, 0.29) is 17.2 Å². The van der Waals surface area contributed by atoms with Crippen molar-refractivity contribution in [3.8, 4) is 5.69 Å². The van der Waals surface area contributed by atoms with Gasteiger partial charge in [-0.3, -0.25) is 14.2 Å². The molecule has 1 aliphatic heterocycles. The maximum absolute atomic E-state index is 13.3.